The summed E-state index contributed by atoms with van der Waals surface area (Å²) in [5, 5.41) is 16.3. The Bertz CT molecular complexity index is 847. The van der Waals surface area contributed by atoms with Gasteiger partial charge in [-0.25, -0.2) is 13.6 Å². The first-order valence-electron chi connectivity index (χ1n) is 7.60. The maximum atomic E-state index is 12.2. The van der Waals surface area contributed by atoms with Crippen molar-refractivity contribution >= 4 is 27.7 Å². The van der Waals surface area contributed by atoms with E-state index in [9.17, 15) is 13.2 Å². The molecule has 8 nitrogen and oxygen atoms in total. The van der Waals surface area contributed by atoms with Gasteiger partial charge in [-0.1, -0.05) is 23.9 Å². The van der Waals surface area contributed by atoms with Crippen molar-refractivity contribution in [2.75, 3.05) is 6.54 Å². The van der Waals surface area contributed by atoms with Crippen LogP contribution in [-0.4, -0.2) is 40.9 Å². The fraction of sp³-hybridized carbons (Fsp3) is 0.400. The normalized spacial score (nSPS) is 12.8. The maximum absolute atomic E-state index is 12.2. The van der Waals surface area contributed by atoms with Gasteiger partial charge in [-0.2, -0.15) is 0 Å². The van der Waals surface area contributed by atoms with Crippen molar-refractivity contribution in [3.8, 4) is 0 Å². The van der Waals surface area contributed by atoms with Gasteiger partial charge >= 0.3 is 0 Å². The van der Waals surface area contributed by atoms with Crippen LogP contribution in [0.15, 0.2) is 34.3 Å². The second-order valence-electron chi connectivity index (χ2n) is 5.58. The van der Waals surface area contributed by atoms with Crippen molar-refractivity contribution in [1.29, 1.82) is 0 Å². The lowest BCUT2D eigenvalue weighted by atomic mass is 10.1. The Morgan fingerprint density at radius 1 is 1.32 bits per heavy atom. The first-order valence-corrected chi connectivity index (χ1v) is 10.0. The van der Waals surface area contributed by atoms with Crippen LogP contribution >= 0.6 is 11.8 Å². The molecule has 0 saturated heterocycles. The number of thioether (sulfide) groups is 1. The van der Waals surface area contributed by atoms with Crippen molar-refractivity contribution in [3.63, 3.8) is 0 Å². The standard InChI is InChI=1S/C15H21N5O3S2/c1-10(24-15-19-18-11(2)20(15)3)14(21)17-9-8-12-4-6-13(7-5-12)25(16,22)23/h4-7,10H,8-9H2,1-3H3,(H,17,21)(H2,16,22,23)/t10-/m0/s1. The van der Waals surface area contributed by atoms with Gasteiger partial charge in [0.2, 0.25) is 15.9 Å². The molecule has 2 aromatic rings. The molecular formula is C15H21N5O3S2. The van der Waals surface area contributed by atoms with Crippen LogP contribution in [0.4, 0.5) is 0 Å². The van der Waals surface area contributed by atoms with Crippen molar-refractivity contribution in [2.45, 2.75) is 35.6 Å². The first-order chi connectivity index (χ1) is 11.7. The Labute approximate surface area is 151 Å². The number of amides is 1. The molecule has 3 N–H and O–H groups in total. The quantitative estimate of drug-likeness (QED) is 0.676. The van der Waals surface area contributed by atoms with Gasteiger partial charge in [0, 0.05) is 13.6 Å². The van der Waals surface area contributed by atoms with Crippen LogP contribution in [0.3, 0.4) is 0 Å². The average molecular weight is 383 g/mol. The van der Waals surface area contributed by atoms with E-state index in [1.807, 2.05) is 25.5 Å². The topological polar surface area (TPSA) is 120 Å². The average Bonchev–Trinajstić information content (AvgIpc) is 2.86. The molecule has 2 rings (SSSR count). The SMILES string of the molecule is Cc1nnc(S[C@@H](C)C(=O)NCCc2ccc(S(N)(=O)=O)cc2)n1C. The van der Waals surface area contributed by atoms with Gasteiger partial charge in [0.05, 0.1) is 10.1 Å². The van der Waals surface area contributed by atoms with Crippen molar-refractivity contribution in [1.82, 2.24) is 20.1 Å². The fourth-order valence-electron chi connectivity index (χ4n) is 2.02. The molecule has 0 aliphatic rings. The molecule has 1 amide bonds. The lowest BCUT2D eigenvalue weighted by Crippen LogP contribution is -2.32. The van der Waals surface area contributed by atoms with Crippen molar-refractivity contribution < 1.29 is 13.2 Å². The minimum absolute atomic E-state index is 0.0734. The Morgan fingerprint density at radius 3 is 2.48 bits per heavy atom. The van der Waals surface area contributed by atoms with E-state index in [-0.39, 0.29) is 16.1 Å². The molecule has 1 heterocycles. The molecule has 0 unspecified atom stereocenters. The molecule has 0 fully saturated rings. The van der Waals surface area contributed by atoms with E-state index in [0.717, 1.165) is 11.4 Å². The predicted molar refractivity (Wildman–Crippen MR) is 95.6 cm³/mol. The molecule has 1 aromatic heterocycles. The van der Waals surface area contributed by atoms with E-state index < -0.39 is 10.0 Å². The lowest BCUT2D eigenvalue weighted by molar-refractivity contribution is -0.120. The fourth-order valence-corrected chi connectivity index (χ4v) is 3.42. The molecule has 1 aromatic carbocycles. The molecule has 136 valence electrons. The van der Waals surface area contributed by atoms with Gasteiger partial charge in [0.25, 0.3) is 0 Å². The van der Waals surface area contributed by atoms with E-state index in [4.69, 9.17) is 5.14 Å². The van der Waals surface area contributed by atoms with Crippen LogP contribution in [0.2, 0.25) is 0 Å². The number of nitrogens with two attached hydrogens (primary N) is 1. The molecule has 25 heavy (non-hydrogen) atoms. The number of aryl methyl sites for hydroxylation is 1. The first kappa shape index (κ1) is 19.4. The van der Waals surface area contributed by atoms with Gasteiger partial charge < -0.3 is 9.88 Å². The third-order valence-electron chi connectivity index (χ3n) is 3.67. The Balaban J connectivity index is 1.82. The Morgan fingerprint density at radius 2 is 1.96 bits per heavy atom. The van der Waals surface area contributed by atoms with E-state index >= 15 is 0 Å². The predicted octanol–water partition coefficient (Wildman–Crippen LogP) is 0.610. The monoisotopic (exact) mass is 383 g/mol. The number of primary sulfonamides is 1. The van der Waals surface area contributed by atoms with Crippen LogP contribution in [0.5, 0.6) is 0 Å². The second-order valence-corrected chi connectivity index (χ2v) is 8.45. The molecule has 0 aliphatic carbocycles. The van der Waals surface area contributed by atoms with Crippen molar-refractivity contribution in [3.05, 3.63) is 35.7 Å². The van der Waals surface area contributed by atoms with E-state index in [0.29, 0.717) is 18.1 Å². The summed E-state index contributed by atoms with van der Waals surface area (Å²) in [5.74, 6) is 0.699. The summed E-state index contributed by atoms with van der Waals surface area (Å²) >= 11 is 1.35. The highest BCUT2D eigenvalue weighted by Crippen LogP contribution is 2.21. The minimum Gasteiger partial charge on any atom is -0.355 e. The molecule has 1 atom stereocenters. The third kappa shape index (κ3) is 5.28. The number of nitrogens with one attached hydrogen (secondary N) is 1. The molecule has 10 heteroatoms. The zero-order valence-electron chi connectivity index (χ0n) is 14.3. The Kier molecular flexibility index (Phi) is 6.20. The number of carbonyl (C=O) groups is 1. The number of benzene rings is 1. The summed E-state index contributed by atoms with van der Waals surface area (Å²) in [5.41, 5.74) is 0.914. The summed E-state index contributed by atoms with van der Waals surface area (Å²) in [6, 6.07) is 6.29. The number of aromatic nitrogens is 3. The number of sulfonamides is 1. The van der Waals surface area contributed by atoms with Gasteiger partial charge in [0.1, 0.15) is 5.82 Å². The second kappa shape index (κ2) is 7.98. The Hall–Kier alpha value is -1.91. The number of nitrogens with zero attached hydrogens (tertiary/aromatic N) is 3. The van der Waals surface area contributed by atoms with E-state index in [2.05, 4.69) is 15.5 Å². The van der Waals surface area contributed by atoms with Crippen LogP contribution < -0.4 is 10.5 Å². The van der Waals surface area contributed by atoms with Gasteiger partial charge in [-0.05, 0) is 38.0 Å². The summed E-state index contributed by atoms with van der Waals surface area (Å²) < 4.78 is 24.2. The number of carbonyl (C=O) groups excluding carboxylic acids is 1. The zero-order chi connectivity index (χ0) is 18.6. The van der Waals surface area contributed by atoms with Crippen molar-refractivity contribution in [2.24, 2.45) is 12.2 Å². The van der Waals surface area contributed by atoms with Crippen LogP contribution in [-0.2, 0) is 28.3 Å². The zero-order valence-corrected chi connectivity index (χ0v) is 15.9. The lowest BCUT2D eigenvalue weighted by Gasteiger charge is -2.11. The van der Waals surface area contributed by atoms with E-state index in [1.165, 1.54) is 23.9 Å². The number of rotatable bonds is 7. The highest BCUT2D eigenvalue weighted by atomic mass is 32.2. The van der Waals surface area contributed by atoms with Crippen LogP contribution in [0.25, 0.3) is 0 Å². The van der Waals surface area contributed by atoms with E-state index in [1.54, 1.807) is 12.1 Å². The third-order valence-corrected chi connectivity index (χ3v) is 5.73. The summed E-state index contributed by atoms with van der Waals surface area (Å²) in [6.07, 6.45) is 0.594. The van der Waals surface area contributed by atoms with Gasteiger partial charge in [-0.3, -0.25) is 4.79 Å². The van der Waals surface area contributed by atoms with Crippen LogP contribution in [0.1, 0.15) is 18.3 Å². The molecule has 0 bridgehead atoms. The van der Waals surface area contributed by atoms with Crippen LogP contribution in [0, 0.1) is 6.92 Å². The maximum Gasteiger partial charge on any atom is 0.238 e. The number of hydrogen-bond acceptors (Lipinski definition) is 6. The molecule has 0 spiro atoms. The molecule has 0 radical (unpaired) electrons. The smallest absolute Gasteiger partial charge is 0.238 e. The summed E-state index contributed by atoms with van der Waals surface area (Å²) in [4.78, 5) is 12.2. The molecule has 0 saturated carbocycles. The minimum atomic E-state index is -3.68. The summed E-state index contributed by atoms with van der Waals surface area (Å²) in [7, 11) is -1.83. The number of hydrogen-bond donors (Lipinski definition) is 2. The summed E-state index contributed by atoms with van der Waals surface area (Å²) in [6.45, 7) is 4.12. The molecule has 0 aliphatic heterocycles. The molecular weight excluding hydrogens is 362 g/mol. The highest BCUT2D eigenvalue weighted by Gasteiger charge is 2.17. The van der Waals surface area contributed by atoms with Gasteiger partial charge in [-0.15, -0.1) is 10.2 Å². The highest BCUT2D eigenvalue weighted by molar-refractivity contribution is 8.00. The van der Waals surface area contributed by atoms with Gasteiger partial charge in [0.15, 0.2) is 5.16 Å². The largest absolute Gasteiger partial charge is 0.355 e.